The third-order valence-electron chi connectivity index (χ3n) is 5.64. The van der Waals surface area contributed by atoms with E-state index in [1.54, 1.807) is 24.3 Å². The first-order chi connectivity index (χ1) is 13.4. The van der Waals surface area contributed by atoms with E-state index < -0.39 is 11.0 Å². The summed E-state index contributed by atoms with van der Waals surface area (Å²) in [5.74, 6) is -0.375. The number of hydrogen-bond acceptors (Lipinski definition) is 6. The summed E-state index contributed by atoms with van der Waals surface area (Å²) in [4.78, 5) is 14.8. The molecule has 3 N–H and O–H groups in total. The van der Waals surface area contributed by atoms with Gasteiger partial charge in [0.15, 0.2) is 11.0 Å². The summed E-state index contributed by atoms with van der Waals surface area (Å²) in [6.07, 6.45) is 1.39. The van der Waals surface area contributed by atoms with Gasteiger partial charge >= 0.3 is 0 Å². The number of hydrogen-bond donors (Lipinski definition) is 3. The number of benzene rings is 2. The van der Waals surface area contributed by atoms with E-state index in [9.17, 15) is 20.1 Å². The van der Waals surface area contributed by atoms with Crippen molar-refractivity contribution < 1.29 is 19.7 Å². The van der Waals surface area contributed by atoms with Crippen LogP contribution < -0.4 is 5.43 Å². The number of likely N-dealkylation sites (tertiary alicyclic amines) is 1. The highest BCUT2D eigenvalue weighted by atomic mass is 35.5. The van der Waals surface area contributed by atoms with Gasteiger partial charge in [-0.25, -0.2) is 0 Å². The van der Waals surface area contributed by atoms with Crippen molar-refractivity contribution in [3.63, 3.8) is 0 Å². The van der Waals surface area contributed by atoms with E-state index in [1.165, 1.54) is 6.07 Å². The van der Waals surface area contributed by atoms with E-state index in [0.717, 1.165) is 19.0 Å². The zero-order chi connectivity index (χ0) is 20.1. The Hall–Kier alpha value is -2.54. The fourth-order valence-electron chi connectivity index (χ4n) is 4.15. The number of phenols is 2. The highest BCUT2D eigenvalue weighted by molar-refractivity contribution is 6.33. The number of aliphatic hydroxyl groups is 1. The zero-order valence-corrected chi connectivity index (χ0v) is 16.0. The molecule has 0 amide bonds. The minimum absolute atomic E-state index is 0.0308. The quantitative estimate of drug-likeness (QED) is 0.622. The molecule has 1 aromatic heterocycles. The van der Waals surface area contributed by atoms with Gasteiger partial charge in [0, 0.05) is 17.7 Å². The molecule has 2 aromatic carbocycles. The second-order valence-electron chi connectivity index (χ2n) is 7.16. The maximum atomic E-state index is 12.8. The molecule has 0 radical (unpaired) electrons. The molecule has 6 nitrogen and oxygen atoms in total. The van der Waals surface area contributed by atoms with E-state index in [-0.39, 0.29) is 34.8 Å². The Bertz CT molecular complexity index is 1130. The largest absolute Gasteiger partial charge is 0.507 e. The van der Waals surface area contributed by atoms with Crippen LogP contribution >= 0.6 is 11.6 Å². The summed E-state index contributed by atoms with van der Waals surface area (Å²) in [5.41, 5.74) is -0.486. The third kappa shape index (κ3) is 2.68. The zero-order valence-electron chi connectivity index (χ0n) is 15.3. The molecular formula is C21H20ClNO5. The van der Waals surface area contributed by atoms with Crippen molar-refractivity contribution in [3.05, 3.63) is 57.2 Å². The molecule has 2 heterocycles. The molecule has 0 saturated carbocycles. The Morgan fingerprint density at radius 2 is 1.96 bits per heavy atom. The number of halogens is 1. The molecule has 0 spiro atoms. The summed E-state index contributed by atoms with van der Waals surface area (Å²) < 4.78 is 6.05. The van der Waals surface area contributed by atoms with Crippen LogP contribution in [0.25, 0.3) is 22.3 Å². The van der Waals surface area contributed by atoms with Crippen LogP contribution in [0, 0.1) is 0 Å². The number of aliphatic hydroxyl groups excluding tert-OH is 1. The van der Waals surface area contributed by atoms with Gasteiger partial charge < -0.3 is 19.7 Å². The normalized spacial score (nSPS) is 20.1. The molecule has 28 heavy (non-hydrogen) atoms. The summed E-state index contributed by atoms with van der Waals surface area (Å²) >= 11 is 6.26. The topological polar surface area (TPSA) is 94.1 Å². The Labute approximate surface area is 166 Å². The van der Waals surface area contributed by atoms with Gasteiger partial charge in [-0.1, -0.05) is 23.7 Å². The van der Waals surface area contributed by atoms with Crippen molar-refractivity contribution in [2.75, 3.05) is 20.2 Å². The standard InChI is InChI=1S/C21H20ClNO5/c1-23-8-4-7-21(23,11-24)19-16(27)9-14(25)18-15(26)10-17(28-20(18)19)12-5-2-3-6-13(12)22/h2-3,5-6,9-10,24-25,27H,4,7-8,11H2,1H3. The van der Waals surface area contributed by atoms with E-state index in [2.05, 4.69) is 0 Å². The van der Waals surface area contributed by atoms with E-state index in [0.29, 0.717) is 22.6 Å². The fourth-order valence-corrected chi connectivity index (χ4v) is 4.38. The number of likely N-dealkylation sites (N-methyl/N-ethyl adjacent to an activating group) is 1. The van der Waals surface area contributed by atoms with Crippen molar-refractivity contribution in [1.29, 1.82) is 0 Å². The predicted octanol–water partition coefficient (Wildman–Crippen LogP) is 3.44. The molecule has 1 fully saturated rings. The van der Waals surface area contributed by atoms with E-state index in [1.807, 2.05) is 11.9 Å². The molecule has 1 aliphatic heterocycles. The lowest BCUT2D eigenvalue weighted by atomic mass is 9.85. The van der Waals surface area contributed by atoms with Crippen LogP contribution in [0.2, 0.25) is 5.02 Å². The average molecular weight is 402 g/mol. The van der Waals surface area contributed by atoms with Gasteiger partial charge in [0.1, 0.15) is 22.6 Å². The smallest absolute Gasteiger partial charge is 0.197 e. The van der Waals surface area contributed by atoms with Crippen LogP contribution in [0.3, 0.4) is 0 Å². The van der Waals surface area contributed by atoms with Crippen molar-refractivity contribution in [2.45, 2.75) is 18.4 Å². The van der Waals surface area contributed by atoms with Crippen molar-refractivity contribution in [3.8, 4) is 22.8 Å². The van der Waals surface area contributed by atoms with Crippen LogP contribution in [0.15, 0.2) is 45.6 Å². The second-order valence-corrected chi connectivity index (χ2v) is 7.57. The van der Waals surface area contributed by atoms with Crippen LogP contribution in [-0.4, -0.2) is 40.4 Å². The van der Waals surface area contributed by atoms with Gasteiger partial charge in [0.2, 0.25) is 0 Å². The average Bonchev–Trinajstić information content (AvgIpc) is 3.02. The van der Waals surface area contributed by atoms with Gasteiger partial charge in [0.05, 0.1) is 22.7 Å². The lowest BCUT2D eigenvalue weighted by molar-refractivity contribution is 0.0803. The summed E-state index contributed by atoms with van der Waals surface area (Å²) in [6, 6.07) is 9.34. The molecule has 146 valence electrons. The number of fused-ring (bicyclic) bond motifs is 1. The summed E-state index contributed by atoms with van der Waals surface area (Å²) in [6.45, 7) is 0.452. The minimum Gasteiger partial charge on any atom is -0.507 e. The van der Waals surface area contributed by atoms with Gasteiger partial charge in [-0.3, -0.25) is 9.69 Å². The van der Waals surface area contributed by atoms with Gasteiger partial charge in [-0.05, 0) is 38.6 Å². The first-order valence-electron chi connectivity index (χ1n) is 8.99. The molecule has 0 aliphatic carbocycles. The maximum absolute atomic E-state index is 12.8. The molecule has 1 aliphatic rings. The predicted molar refractivity (Wildman–Crippen MR) is 107 cm³/mol. The summed E-state index contributed by atoms with van der Waals surface area (Å²) in [5, 5.41) is 31.6. The van der Waals surface area contributed by atoms with Crippen LogP contribution in [-0.2, 0) is 5.54 Å². The minimum atomic E-state index is -0.912. The Morgan fingerprint density at radius 3 is 2.61 bits per heavy atom. The second kappa shape index (κ2) is 6.81. The van der Waals surface area contributed by atoms with Crippen molar-refractivity contribution >= 4 is 22.6 Å². The molecule has 1 atom stereocenters. The SMILES string of the molecule is CN1CCCC1(CO)c1c(O)cc(O)c2c(=O)cc(-c3ccccc3Cl)oc12. The molecule has 3 aromatic rings. The Balaban J connectivity index is 2.11. The molecule has 1 saturated heterocycles. The lowest BCUT2D eigenvalue weighted by Gasteiger charge is -2.35. The highest BCUT2D eigenvalue weighted by Gasteiger charge is 2.44. The van der Waals surface area contributed by atoms with Crippen LogP contribution in [0.4, 0.5) is 0 Å². The van der Waals surface area contributed by atoms with Crippen molar-refractivity contribution in [2.24, 2.45) is 0 Å². The van der Waals surface area contributed by atoms with E-state index in [4.69, 9.17) is 16.0 Å². The fraction of sp³-hybridized carbons (Fsp3) is 0.286. The number of rotatable bonds is 3. The molecule has 1 unspecified atom stereocenters. The monoisotopic (exact) mass is 401 g/mol. The van der Waals surface area contributed by atoms with Crippen LogP contribution in [0.1, 0.15) is 18.4 Å². The molecule has 4 rings (SSSR count). The maximum Gasteiger partial charge on any atom is 0.197 e. The van der Waals surface area contributed by atoms with E-state index >= 15 is 0 Å². The van der Waals surface area contributed by atoms with Crippen molar-refractivity contribution in [1.82, 2.24) is 4.90 Å². The number of nitrogens with zero attached hydrogens (tertiary/aromatic N) is 1. The number of aromatic hydroxyl groups is 2. The third-order valence-corrected chi connectivity index (χ3v) is 5.97. The Morgan fingerprint density at radius 1 is 1.21 bits per heavy atom. The summed E-state index contributed by atoms with van der Waals surface area (Å²) in [7, 11) is 1.84. The first kappa shape index (κ1) is 18.8. The molecule has 0 bridgehead atoms. The molecule has 7 heteroatoms. The highest BCUT2D eigenvalue weighted by Crippen LogP contribution is 2.47. The van der Waals surface area contributed by atoms with Gasteiger partial charge in [0.25, 0.3) is 0 Å². The molecular weight excluding hydrogens is 382 g/mol. The van der Waals surface area contributed by atoms with Gasteiger partial charge in [-0.15, -0.1) is 0 Å². The lowest BCUT2D eigenvalue weighted by Crippen LogP contribution is -2.42. The first-order valence-corrected chi connectivity index (χ1v) is 9.37. The van der Waals surface area contributed by atoms with Gasteiger partial charge in [-0.2, -0.15) is 0 Å². The van der Waals surface area contributed by atoms with Crippen LogP contribution in [0.5, 0.6) is 11.5 Å². The number of phenolic OH excluding ortho intramolecular Hbond substituents is 2. The Kier molecular flexibility index (Phi) is 4.57.